The molecule has 0 aliphatic carbocycles. The van der Waals surface area contributed by atoms with Gasteiger partial charge in [-0.3, -0.25) is 9.59 Å². The average Bonchev–Trinajstić information content (AvgIpc) is 2.92. The zero-order chi connectivity index (χ0) is 21.1. The Morgan fingerprint density at radius 2 is 1.76 bits per heavy atom. The molecule has 0 unspecified atom stereocenters. The third-order valence-electron chi connectivity index (χ3n) is 4.77. The van der Waals surface area contributed by atoms with Crippen molar-refractivity contribution in [2.75, 3.05) is 17.3 Å². The predicted octanol–water partition coefficient (Wildman–Crippen LogP) is 5.44. The van der Waals surface area contributed by atoms with Crippen LogP contribution in [-0.2, 0) is 16.0 Å². The van der Waals surface area contributed by atoms with E-state index >= 15 is 0 Å². The van der Waals surface area contributed by atoms with Crippen molar-refractivity contribution in [3.8, 4) is 5.75 Å². The standard InChI is InChI=1S/C22H22Cl2N2O3/c1-4-5-6-14-7-9-15(10-8-14)25-20-19(24)21(27)26(22(20)28)17-11-13(2)16(23)12-18(17)29-3/h7-12,25H,4-6H2,1-3H3. The Hall–Kier alpha value is -2.50. The molecule has 2 aromatic rings. The van der Waals surface area contributed by atoms with Crippen molar-refractivity contribution in [2.45, 2.75) is 33.1 Å². The maximum absolute atomic E-state index is 13.0. The van der Waals surface area contributed by atoms with E-state index in [1.165, 1.54) is 12.7 Å². The lowest BCUT2D eigenvalue weighted by Crippen LogP contribution is -2.32. The molecule has 7 heteroatoms. The highest BCUT2D eigenvalue weighted by molar-refractivity contribution is 6.53. The second-order valence-corrected chi connectivity index (χ2v) is 7.62. The number of ether oxygens (including phenoxy) is 1. The quantitative estimate of drug-likeness (QED) is 0.592. The van der Waals surface area contributed by atoms with Crippen LogP contribution >= 0.6 is 23.2 Å². The fraction of sp³-hybridized carbons (Fsp3) is 0.273. The van der Waals surface area contributed by atoms with Crippen LogP contribution in [0.25, 0.3) is 0 Å². The summed E-state index contributed by atoms with van der Waals surface area (Å²) in [6.07, 6.45) is 3.25. The number of methoxy groups -OCH3 is 1. The Morgan fingerprint density at radius 1 is 1.07 bits per heavy atom. The third kappa shape index (κ3) is 4.26. The molecule has 2 aromatic carbocycles. The van der Waals surface area contributed by atoms with Gasteiger partial charge in [0, 0.05) is 16.8 Å². The van der Waals surface area contributed by atoms with Gasteiger partial charge in [-0.1, -0.05) is 48.7 Å². The molecule has 0 bridgehead atoms. The molecule has 1 aliphatic heterocycles. The van der Waals surface area contributed by atoms with Crippen LogP contribution in [0.3, 0.4) is 0 Å². The third-order valence-corrected chi connectivity index (χ3v) is 5.53. The van der Waals surface area contributed by atoms with E-state index in [2.05, 4.69) is 12.2 Å². The van der Waals surface area contributed by atoms with Gasteiger partial charge in [0.15, 0.2) is 0 Å². The number of imide groups is 1. The van der Waals surface area contributed by atoms with Crippen molar-refractivity contribution in [1.82, 2.24) is 0 Å². The molecule has 0 atom stereocenters. The summed E-state index contributed by atoms with van der Waals surface area (Å²) in [7, 11) is 1.45. The average molecular weight is 433 g/mol. The van der Waals surface area contributed by atoms with Gasteiger partial charge in [0.05, 0.1) is 12.8 Å². The van der Waals surface area contributed by atoms with Crippen molar-refractivity contribution in [3.63, 3.8) is 0 Å². The lowest BCUT2D eigenvalue weighted by molar-refractivity contribution is -0.120. The lowest BCUT2D eigenvalue weighted by Gasteiger charge is -2.19. The topological polar surface area (TPSA) is 58.6 Å². The fourth-order valence-corrected chi connectivity index (χ4v) is 3.46. The smallest absolute Gasteiger partial charge is 0.283 e. The molecule has 2 amide bonds. The first-order chi connectivity index (χ1) is 13.9. The van der Waals surface area contributed by atoms with Gasteiger partial charge in [0.25, 0.3) is 11.8 Å². The van der Waals surface area contributed by atoms with Gasteiger partial charge in [-0.2, -0.15) is 0 Å². The number of carbonyl (C=O) groups excluding carboxylic acids is 2. The molecule has 1 N–H and O–H groups in total. The molecule has 0 saturated carbocycles. The van der Waals surface area contributed by atoms with Crippen LogP contribution in [0.2, 0.25) is 5.02 Å². The zero-order valence-corrected chi connectivity index (χ0v) is 18.0. The number of aryl methyl sites for hydroxylation is 2. The van der Waals surface area contributed by atoms with Gasteiger partial charge < -0.3 is 10.1 Å². The lowest BCUT2D eigenvalue weighted by atomic mass is 10.1. The number of unbranched alkanes of at least 4 members (excludes halogenated alkanes) is 1. The number of nitrogens with one attached hydrogen (secondary N) is 1. The van der Waals surface area contributed by atoms with Gasteiger partial charge >= 0.3 is 0 Å². The summed E-state index contributed by atoms with van der Waals surface area (Å²) in [4.78, 5) is 26.8. The number of rotatable bonds is 7. The van der Waals surface area contributed by atoms with Crippen LogP contribution in [0.5, 0.6) is 5.75 Å². The number of benzene rings is 2. The second-order valence-electron chi connectivity index (χ2n) is 6.83. The summed E-state index contributed by atoms with van der Waals surface area (Å²) in [6.45, 7) is 3.93. The molecule has 3 rings (SSSR count). The summed E-state index contributed by atoms with van der Waals surface area (Å²) in [5.41, 5.74) is 2.94. The maximum atomic E-state index is 13.0. The minimum Gasteiger partial charge on any atom is -0.494 e. The van der Waals surface area contributed by atoms with Gasteiger partial charge in [-0.15, -0.1) is 0 Å². The minimum atomic E-state index is -0.612. The summed E-state index contributed by atoms with van der Waals surface area (Å²) < 4.78 is 5.31. The van der Waals surface area contributed by atoms with Crippen LogP contribution < -0.4 is 15.0 Å². The van der Waals surface area contributed by atoms with Crippen LogP contribution in [0.1, 0.15) is 30.9 Å². The molecule has 0 aromatic heterocycles. The van der Waals surface area contributed by atoms with E-state index in [4.69, 9.17) is 27.9 Å². The largest absolute Gasteiger partial charge is 0.494 e. The molecular weight excluding hydrogens is 411 g/mol. The monoisotopic (exact) mass is 432 g/mol. The van der Waals surface area contributed by atoms with Crippen molar-refractivity contribution >= 4 is 46.4 Å². The zero-order valence-electron chi connectivity index (χ0n) is 16.5. The van der Waals surface area contributed by atoms with Crippen LogP contribution in [0, 0.1) is 6.92 Å². The van der Waals surface area contributed by atoms with Gasteiger partial charge in [-0.25, -0.2) is 4.90 Å². The highest BCUT2D eigenvalue weighted by Crippen LogP contribution is 2.38. The van der Waals surface area contributed by atoms with E-state index in [0.29, 0.717) is 27.7 Å². The highest BCUT2D eigenvalue weighted by Gasteiger charge is 2.40. The SMILES string of the molecule is CCCCc1ccc(NC2=C(Cl)C(=O)N(c3cc(C)c(Cl)cc3OC)C2=O)cc1. The van der Waals surface area contributed by atoms with Crippen LogP contribution in [-0.4, -0.2) is 18.9 Å². The van der Waals surface area contributed by atoms with E-state index in [-0.39, 0.29) is 10.7 Å². The van der Waals surface area contributed by atoms with Gasteiger partial charge in [0.2, 0.25) is 0 Å². The van der Waals surface area contributed by atoms with E-state index in [1.807, 2.05) is 24.3 Å². The Bertz CT molecular complexity index is 984. The first-order valence-electron chi connectivity index (χ1n) is 9.36. The number of carbonyl (C=O) groups is 2. The van der Waals surface area contributed by atoms with E-state index < -0.39 is 11.8 Å². The molecule has 0 radical (unpaired) electrons. The number of hydrogen-bond donors (Lipinski definition) is 1. The van der Waals surface area contributed by atoms with E-state index in [1.54, 1.807) is 19.1 Å². The molecular formula is C22H22Cl2N2O3. The number of anilines is 2. The molecule has 1 heterocycles. The molecule has 0 fully saturated rings. The van der Waals surface area contributed by atoms with Crippen molar-refractivity contribution in [1.29, 1.82) is 0 Å². The van der Waals surface area contributed by atoms with Crippen LogP contribution in [0.15, 0.2) is 47.1 Å². The minimum absolute atomic E-state index is 0.0348. The second kappa shape index (κ2) is 8.89. The predicted molar refractivity (Wildman–Crippen MR) is 117 cm³/mol. The molecule has 152 valence electrons. The maximum Gasteiger partial charge on any atom is 0.283 e. The summed E-state index contributed by atoms with van der Waals surface area (Å²) in [5, 5.41) is 3.30. The number of nitrogens with zero attached hydrogens (tertiary/aromatic N) is 1. The number of halogens is 2. The molecule has 29 heavy (non-hydrogen) atoms. The number of amides is 2. The summed E-state index contributed by atoms with van der Waals surface area (Å²) in [5.74, 6) is -0.845. The Balaban J connectivity index is 1.87. The highest BCUT2D eigenvalue weighted by atomic mass is 35.5. The van der Waals surface area contributed by atoms with Gasteiger partial charge in [0.1, 0.15) is 16.5 Å². The Morgan fingerprint density at radius 3 is 2.38 bits per heavy atom. The van der Waals surface area contributed by atoms with E-state index in [9.17, 15) is 9.59 Å². The Kier molecular flexibility index (Phi) is 6.50. The van der Waals surface area contributed by atoms with Crippen molar-refractivity contribution in [3.05, 3.63) is 63.3 Å². The number of hydrogen-bond acceptors (Lipinski definition) is 4. The molecule has 1 aliphatic rings. The first-order valence-corrected chi connectivity index (χ1v) is 10.1. The molecule has 0 saturated heterocycles. The van der Waals surface area contributed by atoms with E-state index in [0.717, 1.165) is 24.2 Å². The normalized spacial score (nSPS) is 14.0. The fourth-order valence-electron chi connectivity index (χ4n) is 3.10. The van der Waals surface area contributed by atoms with Gasteiger partial charge in [-0.05, 0) is 49.1 Å². The van der Waals surface area contributed by atoms with Crippen LogP contribution in [0.4, 0.5) is 11.4 Å². The molecule has 5 nitrogen and oxygen atoms in total. The first kappa shape index (κ1) is 21.2. The van der Waals surface area contributed by atoms with Crippen molar-refractivity contribution < 1.29 is 14.3 Å². The van der Waals surface area contributed by atoms with Crippen molar-refractivity contribution in [2.24, 2.45) is 0 Å². The molecule has 0 spiro atoms. The Labute approximate surface area is 180 Å². The summed E-state index contributed by atoms with van der Waals surface area (Å²) >= 11 is 12.4. The summed E-state index contributed by atoms with van der Waals surface area (Å²) in [6, 6.07) is 10.9.